The van der Waals surface area contributed by atoms with E-state index in [0.29, 0.717) is 32.2 Å². The highest BCUT2D eigenvalue weighted by Gasteiger charge is 2.34. The van der Waals surface area contributed by atoms with Crippen molar-refractivity contribution in [2.75, 3.05) is 27.3 Å². The summed E-state index contributed by atoms with van der Waals surface area (Å²) in [5.41, 5.74) is 8.37. The van der Waals surface area contributed by atoms with Crippen LogP contribution in [0.3, 0.4) is 0 Å². The van der Waals surface area contributed by atoms with E-state index >= 15 is 0 Å². The van der Waals surface area contributed by atoms with Crippen molar-refractivity contribution >= 4 is 11.9 Å². The fraction of sp³-hybridized carbons (Fsp3) is 0.395. The fourth-order valence-corrected chi connectivity index (χ4v) is 7.17. The minimum absolute atomic E-state index is 0.0101. The van der Waals surface area contributed by atoms with Gasteiger partial charge >= 0.3 is 5.97 Å². The standard InChI is InChI=1S/C43H50N2O8/c1-50-39-22-34-18-19-45(26-36(34)23-40(39)51-2)27-37-24-38(31-16-14-29(28-46)15-17-31)53-43(52-37)35-11-7-10-33(21-35)32-9-6-8-30(20-32)25-44-41(47)12-4-3-5-13-42(48)49/h6-11,14-17,20-23,37-38,43,46H,3-5,12-13,18-19,24-28H2,1-2H3,(H,44,47)(H,48,49). The van der Waals surface area contributed by atoms with E-state index in [-0.39, 0.29) is 31.1 Å². The third-order valence-corrected chi connectivity index (χ3v) is 10.1. The van der Waals surface area contributed by atoms with E-state index in [2.05, 4.69) is 46.6 Å². The zero-order valence-electron chi connectivity index (χ0n) is 30.6. The molecule has 53 heavy (non-hydrogen) atoms. The summed E-state index contributed by atoms with van der Waals surface area (Å²) in [5.74, 6) is 0.646. The molecule has 0 aromatic heterocycles. The van der Waals surface area contributed by atoms with Crippen molar-refractivity contribution in [3.8, 4) is 22.6 Å². The highest BCUT2D eigenvalue weighted by atomic mass is 16.7. The van der Waals surface area contributed by atoms with Crippen LogP contribution in [0.4, 0.5) is 0 Å². The minimum Gasteiger partial charge on any atom is -0.493 e. The molecule has 2 aliphatic heterocycles. The smallest absolute Gasteiger partial charge is 0.303 e. The van der Waals surface area contributed by atoms with Crippen molar-refractivity contribution in [3.63, 3.8) is 0 Å². The third-order valence-electron chi connectivity index (χ3n) is 10.1. The molecule has 10 heteroatoms. The molecule has 1 amide bonds. The summed E-state index contributed by atoms with van der Waals surface area (Å²) in [5, 5.41) is 21.4. The largest absolute Gasteiger partial charge is 0.493 e. The average Bonchev–Trinajstić information content (AvgIpc) is 3.19. The molecule has 2 aliphatic rings. The molecule has 3 unspecified atom stereocenters. The van der Waals surface area contributed by atoms with Gasteiger partial charge in [0.2, 0.25) is 5.91 Å². The maximum absolute atomic E-state index is 12.4. The van der Waals surface area contributed by atoms with Crippen LogP contribution >= 0.6 is 0 Å². The molecule has 1 fully saturated rings. The molecule has 10 nitrogen and oxygen atoms in total. The number of ether oxygens (including phenoxy) is 4. The Bertz CT molecular complexity index is 1840. The summed E-state index contributed by atoms with van der Waals surface area (Å²) < 4.78 is 24.6. The number of hydrogen-bond donors (Lipinski definition) is 3. The molecule has 0 radical (unpaired) electrons. The molecule has 3 N–H and O–H groups in total. The van der Waals surface area contributed by atoms with Crippen molar-refractivity contribution in [3.05, 3.63) is 118 Å². The predicted octanol–water partition coefficient (Wildman–Crippen LogP) is 7.12. The van der Waals surface area contributed by atoms with Crippen molar-refractivity contribution < 1.29 is 38.7 Å². The number of aliphatic hydroxyl groups excluding tert-OH is 1. The molecule has 4 aromatic carbocycles. The van der Waals surface area contributed by atoms with Crippen LogP contribution in [0.25, 0.3) is 11.1 Å². The quantitative estimate of drug-likeness (QED) is 0.104. The lowest BCUT2D eigenvalue weighted by Gasteiger charge is -2.39. The zero-order valence-corrected chi connectivity index (χ0v) is 30.6. The summed E-state index contributed by atoms with van der Waals surface area (Å²) in [6.45, 7) is 2.84. The maximum Gasteiger partial charge on any atom is 0.303 e. The van der Waals surface area contributed by atoms with E-state index in [9.17, 15) is 14.7 Å². The molecule has 1 saturated heterocycles. The summed E-state index contributed by atoms with van der Waals surface area (Å²) in [4.78, 5) is 25.6. The summed E-state index contributed by atoms with van der Waals surface area (Å²) in [6, 6.07) is 28.5. The van der Waals surface area contributed by atoms with Gasteiger partial charge in [0.05, 0.1) is 33.0 Å². The second-order valence-corrected chi connectivity index (χ2v) is 13.9. The van der Waals surface area contributed by atoms with Crippen LogP contribution in [0.15, 0.2) is 84.9 Å². The molecule has 4 aromatic rings. The number of aliphatic hydroxyl groups is 1. The monoisotopic (exact) mass is 722 g/mol. The SMILES string of the molecule is COc1cc2c(cc1OC)CN(CC1CC(c3ccc(CO)cc3)OC(c3cccc(-c4cccc(CNC(=O)CCCCCC(=O)O)c4)c3)O1)CC2. The number of hydrogen-bond acceptors (Lipinski definition) is 8. The first-order valence-corrected chi connectivity index (χ1v) is 18.5. The van der Waals surface area contributed by atoms with E-state index in [1.807, 2.05) is 48.5 Å². The molecule has 2 heterocycles. The number of amides is 1. The van der Waals surface area contributed by atoms with E-state index in [1.165, 1.54) is 11.1 Å². The Morgan fingerprint density at radius 2 is 1.53 bits per heavy atom. The van der Waals surface area contributed by atoms with E-state index < -0.39 is 12.3 Å². The lowest BCUT2D eigenvalue weighted by molar-refractivity contribution is -0.253. The number of fused-ring (bicyclic) bond motifs is 1. The molecule has 0 aliphatic carbocycles. The number of carbonyl (C=O) groups is 2. The number of methoxy groups -OCH3 is 2. The number of carboxylic acid groups (broad SMARTS) is 1. The van der Waals surface area contributed by atoms with Crippen LogP contribution < -0.4 is 14.8 Å². The highest BCUT2D eigenvalue weighted by Crippen LogP contribution is 2.40. The van der Waals surface area contributed by atoms with Crippen molar-refractivity contribution in [1.29, 1.82) is 0 Å². The van der Waals surface area contributed by atoms with Gasteiger partial charge < -0.3 is 34.5 Å². The van der Waals surface area contributed by atoms with E-state index in [0.717, 1.165) is 77.4 Å². The number of nitrogens with one attached hydrogen (secondary N) is 1. The van der Waals surface area contributed by atoms with Gasteiger partial charge in [0.15, 0.2) is 17.8 Å². The Labute approximate surface area is 311 Å². The predicted molar refractivity (Wildman–Crippen MR) is 201 cm³/mol. The zero-order chi connectivity index (χ0) is 37.2. The first-order chi connectivity index (χ1) is 25.8. The molecule has 280 valence electrons. The van der Waals surface area contributed by atoms with Gasteiger partial charge in [-0.2, -0.15) is 0 Å². The number of rotatable bonds is 16. The van der Waals surface area contributed by atoms with Crippen LogP contribution in [0.5, 0.6) is 11.5 Å². The first-order valence-electron chi connectivity index (χ1n) is 18.5. The average molecular weight is 723 g/mol. The number of unbranched alkanes of at least 4 members (excludes halogenated alkanes) is 2. The molecule has 0 bridgehead atoms. The molecule has 6 rings (SSSR count). The number of benzene rings is 4. The topological polar surface area (TPSA) is 127 Å². The lowest BCUT2D eigenvalue weighted by atomic mass is 9.96. The Morgan fingerprint density at radius 1 is 0.811 bits per heavy atom. The van der Waals surface area contributed by atoms with Crippen molar-refractivity contribution in [2.24, 2.45) is 0 Å². The van der Waals surface area contributed by atoms with Gasteiger partial charge in [0, 0.05) is 51.0 Å². The molecule has 3 atom stereocenters. The van der Waals surface area contributed by atoms with Crippen molar-refractivity contribution in [2.45, 2.75) is 83.1 Å². The van der Waals surface area contributed by atoms with Crippen LogP contribution in [0, 0.1) is 0 Å². The Kier molecular flexibility index (Phi) is 13.1. The number of nitrogens with zero attached hydrogens (tertiary/aromatic N) is 1. The third kappa shape index (κ3) is 10.2. The number of aliphatic carboxylic acids is 1. The fourth-order valence-electron chi connectivity index (χ4n) is 7.17. The normalized spacial score (nSPS) is 18.6. The molecular weight excluding hydrogens is 672 g/mol. The van der Waals surface area contributed by atoms with E-state index in [1.54, 1.807) is 14.2 Å². The maximum atomic E-state index is 12.4. The Balaban J connectivity index is 1.15. The summed E-state index contributed by atoms with van der Waals surface area (Å²) >= 11 is 0. The molecular formula is C43H50N2O8. The van der Waals surface area contributed by atoms with Gasteiger partial charge in [0.25, 0.3) is 0 Å². The van der Waals surface area contributed by atoms with E-state index in [4.69, 9.17) is 24.1 Å². The van der Waals surface area contributed by atoms with Crippen LogP contribution in [0.1, 0.15) is 84.3 Å². The van der Waals surface area contributed by atoms with Gasteiger partial charge in [-0.1, -0.05) is 67.1 Å². The van der Waals surface area contributed by atoms with Crippen molar-refractivity contribution in [1.82, 2.24) is 10.2 Å². The lowest BCUT2D eigenvalue weighted by Crippen LogP contribution is -2.41. The van der Waals surface area contributed by atoms with Gasteiger partial charge in [-0.15, -0.1) is 0 Å². The Hall–Kier alpha value is -4.74. The van der Waals surface area contributed by atoms with Crippen LogP contribution in [-0.4, -0.2) is 60.4 Å². The van der Waals surface area contributed by atoms with Crippen LogP contribution in [0.2, 0.25) is 0 Å². The first kappa shape index (κ1) is 38.0. The van der Waals surface area contributed by atoms with Gasteiger partial charge in [-0.25, -0.2) is 0 Å². The molecule has 0 spiro atoms. The summed E-state index contributed by atoms with van der Waals surface area (Å²) in [6.07, 6.45) is 3.22. The number of carboxylic acids is 1. The minimum atomic E-state index is -0.805. The van der Waals surface area contributed by atoms with Gasteiger partial charge in [0.1, 0.15) is 0 Å². The second kappa shape index (κ2) is 18.3. The second-order valence-electron chi connectivity index (χ2n) is 13.9. The highest BCUT2D eigenvalue weighted by molar-refractivity contribution is 5.76. The van der Waals surface area contributed by atoms with Gasteiger partial charge in [-0.3, -0.25) is 14.5 Å². The molecule has 0 saturated carbocycles. The number of carbonyl (C=O) groups excluding carboxylic acids is 1. The summed E-state index contributed by atoms with van der Waals surface area (Å²) in [7, 11) is 3.33. The van der Waals surface area contributed by atoms with Crippen LogP contribution in [-0.2, 0) is 45.2 Å². The Morgan fingerprint density at radius 3 is 2.26 bits per heavy atom. The van der Waals surface area contributed by atoms with Gasteiger partial charge in [-0.05, 0) is 82.5 Å².